The first kappa shape index (κ1) is 10.8. The van der Waals surface area contributed by atoms with Gasteiger partial charge in [-0.1, -0.05) is 0 Å². The Labute approximate surface area is 89.2 Å². The number of nitrogens with one attached hydrogen (secondary N) is 1. The summed E-state index contributed by atoms with van der Waals surface area (Å²) in [5.41, 5.74) is 0.747. The third-order valence-electron chi connectivity index (χ3n) is 2.21. The van der Waals surface area contributed by atoms with Crippen LogP contribution in [0.4, 0.5) is 13.2 Å². The van der Waals surface area contributed by atoms with Crippen LogP contribution in [0.1, 0.15) is 15.9 Å². The zero-order valence-corrected chi connectivity index (χ0v) is 8.10. The van der Waals surface area contributed by atoms with Crippen LogP contribution in [0.5, 0.6) is 5.75 Å². The highest BCUT2D eigenvalue weighted by atomic mass is 19.4. The van der Waals surface area contributed by atoms with E-state index in [2.05, 4.69) is 0 Å². The van der Waals surface area contributed by atoms with E-state index in [1.807, 2.05) is 0 Å². The fourth-order valence-corrected chi connectivity index (χ4v) is 1.53. The third-order valence-corrected chi connectivity index (χ3v) is 2.21. The van der Waals surface area contributed by atoms with Crippen molar-refractivity contribution in [2.24, 2.45) is 0 Å². The number of benzene rings is 1. The zero-order chi connectivity index (χ0) is 11.8. The molecule has 1 aliphatic rings. The SMILES string of the molecule is O=C(NC(F)(F)F)c1ccc2c(c1)CCO2. The van der Waals surface area contributed by atoms with Crippen LogP contribution in [0.2, 0.25) is 0 Å². The smallest absolute Gasteiger partial charge is 0.484 e. The molecule has 0 saturated carbocycles. The number of carbonyl (C=O) groups excluding carboxylic acids is 1. The molecule has 6 heteroatoms. The molecule has 0 spiro atoms. The van der Waals surface area contributed by atoms with E-state index in [1.165, 1.54) is 18.2 Å². The summed E-state index contributed by atoms with van der Waals surface area (Å²) in [7, 11) is 0. The molecule has 0 fully saturated rings. The number of halogens is 3. The molecule has 86 valence electrons. The Morgan fingerprint density at radius 2 is 2.12 bits per heavy atom. The van der Waals surface area contributed by atoms with Gasteiger partial charge in [-0.25, -0.2) is 0 Å². The van der Waals surface area contributed by atoms with E-state index in [4.69, 9.17) is 4.74 Å². The topological polar surface area (TPSA) is 38.3 Å². The molecular formula is C10H8F3NO2. The van der Waals surface area contributed by atoms with Gasteiger partial charge in [-0.3, -0.25) is 10.1 Å². The Balaban J connectivity index is 2.19. The molecule has 16 heavy (non-hydrogen) atoms. The second-order valence-corrected chi connectivity index (χ2v) is 3.37. The summed E-state index contributed by atoms with van der Waals surface area (Å²) in [5.74, 6) is -0.522. The van der Waals surface area contributed by atoms with Crippen LogP contribution in [-0.2, 0) is 6.42 Å². The molecule has 0 aromatic heterocycles. The maximum Gasteiger partial charge on any atom is 0.484 e. The van der Waals surface area contributed by atoms with E-state index < -0.39 is 12.2 Å². The molecule has 3 nitrogen and oxygen atoms in total. The van der Waals surface area contributed by atoms with Crippen molar-refractivity contribution in [1.82, 2.24) is 5.32 Å². The molecule has 2 rings (SSSR count). The molecule has 1 aliphatic heterocycles. The lowest BCUT2D eigenvalue weighted by molar-refractivity contribution is -0.146. The quantitative estimate of drug-likeness (QED) is 0.749. The van der Waals surface area contributed by atoms with Crippen molar-refractivity contribution in [3.8, 4) is 5.75 Å². The van der Waals surface area contributed by atoms with Crippen molar-refractivity contribution in [3.05, 3.63) is 29.3 Å². The molecule has 1 aromatic rings. The first-order chi connectivity index (χ1) is 7.46. The minimum atomic E-state index is -4.70. The van der Waals surface area contributed by atoms with Crippen LogP contribution >= 0.6 is 0 Å². The molecule has 0 radical (unpaired) electrons. The lowest BCUT2D eigenvalue weighted by Crippen LogP contribution is -2.37. The van der Waals surface area contributed by atoms with Crippen LogP contribution in [0.25, 0.3) is 0 Å². The van der Waals surface area contributed by atoms with E-state index in [0.29, 0.717) is 18.8 Å². The minimum Gasteiger partial charge on any atom is -0.493 e. The molecule has 1 aromatic carbocycles. The molecular weight excluding hydrogens is 223 g/mol. The van der Waals surface area contributed by atoms with E-state index in [1.54, 1.807) is 0 Å². The number of carbonyl (C=O) groups is 1. The van der Waals surface area contributed by atoms with Crippen LogP contribution in [0.15, 0.2) is 18.2 Å². The average Bonchev–Trinajstić information content (AvgIpc) is 2.61. The Morgan fingerprint density at radius 3 is 2.81 bits per heavy atom. The summed E-state index contributed by atoms with van der Waals surface area (Å²) in [5, 5.41) is 0.947. The predicted octanol–water partition coefficient (Wildman–Crippen LogP) is 1.87. The van der Waals surface area contributed by atoms with Gasteiger partial charge in [0.1, 0.15) is 5.75 Å². The number of alkyl halides is 3. The number of ether oxygens (including phenoxy) is 1. The monoisotopic (exact) mass is 231 g/mol. The van der Waals surface area contributed by atoms with E-state index >= 15 is 0 Å². The molecule has 0 atom stereocenters. The number of rotatable bonds is 1. The summed E-state index contributed by atoms with van der Waals surface area (Å²) in [6.45, 7) is 0.500. The molecule has 0 unspecified atom stereocenters. The second kappa shape index (κ2) is 3.70. The van der Waals surface area contributed by atoms with Crippen molar-refractivity contribution in [3.63, 3.8) is 0 Å². The first-order valence-corrected chi connectivity index (χ1v) is 4.61. The number of amides is 1. The molecule has 1 N–H and O–H groups in total. The van der Waals surface area contributed by atoms with Gasteiger partial charge < -0.3 is 4.74 Å². The van der Waals surface area contributed by atoms with Crippen LogP contribution in [-0.4, -0.2) is 18.8 Å². The predicted molar refractivity (Wildman–Crippen MR) is 49.2 cm³/mol. The maximum atomic E-state index is 11.9. The number of hydrogen-bond acceptors (Lipinski definition) is 2. The van der Waals surface area contributed by atoms with Gasteiger partial charge in [0, 0.05) is 12.0 Å². The summed E-state index contributed by atoms with van der Waals surface area (Å²) in [6.07, 6.45) is -4.09. The lowest BCUT2D eigenvalue weighted by Gasteiger charge is -2.08. The second-order valence-electron chi connectivity index (χ2n) is 3.37. The van der Waals surface area contributed by atoms with Gasteiger partial charge in [-0.15, -0.1) is 0 Å². The molecule has 1 heterocycles. The van der Waals surface area contributed by atoms with Crippen LogP contribution in [0, 0.1) is 0 Å². The minimum absolute atomic E-state index is 0.0124. The summed E-state index contributed by atoms with van der Waals surface area (Å²) >= 11 is 0. The van der Waals surface area contributed by atoms with Gasteiger partial charge in [-0.05, 0) is 23.8 Å². The molecule has 0 aliphatic carbocycles. The third kappa shape index (κ3) is 2.26. The van der Waals surface area contributed by atoms with E-state index in [9.17, 15) is 18.0 Å². The standard InChI is InChI=1S/C10H8F3NO2/c11-10(12,13)14-9(15)7-1-2-8-6(5-7)3-4-16-8/h1-2,5H,3-4H2,(H,14,15). The normalized spacial score (nSPS) is 14.2. The van der Waals surface area contributed by atoms with Gasteiger partial charge in [0.05, 0.1) is 6.61 Å². The van der Waals surface area contributed by atoms with Crippen molar-refractivity contribution in [2.75, 3.05) is 6.61 Å². The van der Waals surface area contributed by atoms with Gasteiger partial charge in [0.15, 0.2) is 0 Å². The largest absolute Gasteiger partial charge is 0.493 e. The lowest BCUT2D eigenvalue weighted by atomic mass is 10.1. The van der Waals surface area contributed by atoms with Gasteiger partial charge in [0.2, 0.25) is 0 Å². The van der Waals surface area contributed by atoms with Gasteiger partial charge >= 0.3 is 6.30 Å². The van der Waals surface area contributed by atoms with Crippen molar-refractivity contribution < 1.29 is 22.7 Å². The molecule has 0 saturated heterocycles. The van der Waals surface area contributed by atoms with Crippen LogP contribution in [0.3, 0.4) is 0 Å². The highest BCUT2D eigenvalue weighted by Crippen LogP contribution is 2.26. The van der Waals surface area contributed by atoms with Crippen molar-refractivity contribution >= 4 is 5.91 Å². The fourth-order valence-electron chi connectivity index (χ4n) is 1.53. The van der Waals surface area contributed by atoms with Gasteiger partial charge in [0.25, 0.3) is 5.91 Å². The highest BCUT2D eigenvalue weighted by molar-refractivity contribution is 5.94. The van der Waals surface area contributed by atoms with Crippen molar-refractivity contribution in [2.45, 2.75) is 12.7 Å². The summed E-state index contributed by atoms with van der Waals surface area (Å²) in [4.78, 5) is 11.2. The van der Waals surface area contributed by atoms with Crippen LogP contribution < -0.4 is 10.1 Å². The Morgan fingerprint density at radius 1 is 1.38 bits per heavy atom. The van der Waals surface area contributed by atoms with E-state index in [0.717, 1.165) is 10.9 Å². The fraction of sp³-hybridized carbons (Fsp3) is 0.300. The maximum absolute atomic E-state index is 11.9. The average molecular weight is 231 g/mol. The first-order valence-electron chi connectivity index (χ1n) is 4.61. The molecule has 0 bridgehead atoms. The zero-order valence-electron chi connectivity index (χ0n) is 8.10. The summed E-state index contributed by atoms with van der Waals surface area (Å²) < 4.78 is 40.9. The van der Waals surface area contributed by atoms with E-state index in [-0.39, 0.29) is 5.56 Å². The highest BCUT2D eigenvalue weighted by Gasteiger charge is 2.30. The summed E-state index contributed by atoms with van der Waals surface area (Å²) in [6, 6.07) is 4.24. The van der Waals surface area contributed by atoms with Gasteiger partial charge in [-0.2, -0.15) is 13.2 Å². The Bertz CT molecular complexity index is 429. The Kier molecular flexibility index (Phi) is 2.49. The number of fused-ring (bicyclic) bond motifs is 1. The van der Waals surface area contributed by atoms with Crippen molar-refractivity contribution in [1.29, 1.82) is 0 Å². The molecule has 1 amide bonds. The number of hydrogen-bond donors (Lipinski definition) is 1. The Hall–Kier alpha value is -1.72.